The lowest BCUT2D eigenvalue weighted by molar-refractivity contribution is 0.443. The Morgan fingerprint density at radius 2 is 2.12 bits per heavy atom. The molecule has 3 nitrogen and oxygen atoms in total. The fourth-order valence-corrected chi connectivity index (χ4v) is 1.91. The molecule has 3 heteroatoms. The lowest BCUT2D eigenvalue weighted by atomic mass is 10.0. The molecule has 0 saturated heterocycles. The highest BCUT2D eigenvalue weighted by molar-refractivity contribution is 5.10. The molecule has 2 rings (SSSR count). The number of rotatable bonds is 6. The van der Waals surface area contributed by atoms with Crippen molar-refractivity contribution in [3.8, 4) is 0 Å². The molecule has 0 aromatic carbocycles. The van der Waals surface area contributed by atoms with Gasteiger partial charge in [-0.25, -0.2) is 0 Å². The summed E-state index contributed by atoms with van der Waals surface area (Å²) in [7, 11) is 2.00. The number of hydrogen-bond donors (Lipinski definition) is 1. The second-order valence-electron chi connectivity index (χ2n) is 4.16. The van der Waals surface area contributed by atoms with Gasteiger partial charge in [-0.1, -0.05) is 0 Å². The highest BCUT2D eigenvalue weighted by Gasteiger charge is 2.09. The van der Waals surface area contributed by atoms with Gasteiger partial charge in [-0.3, -0.25) is 4.98 Å². The molecule has 2 heterocycles. The molecule has 0 saturated carbocycles. The van der Waals surface area contributed by atoms with E-state index < -0.39 is 0 Å². The Labute approximate surface area is 102 Å². The van der Waals surface area contributed by atoms with E-state index in [0.717, 1.165) is 25.0 Å². The molecule has 1 atom stereocenters. The molecule has 1 N–H and O–H groups in total. The molecule has 90 valence electrons. The standard InChI is InChI=1S/C14H18N2O/c1-15-13(11-14-3-2-10-17-14)5-4-12-6-8-16-9-7-12/h2-3,6-10,13,15H,4-5,11H2,1H3. The van der Waals surface area contributed by atoms with Gasteiger partial charge in [0.25, 0.3) is 0 Å². The van der Waals surface area contributed by atoms with Crippen LogP contribution in [0.1, 0.15) is 17.7 Å². The van der Waals surface area contributed by atoms with Crippen molar-refractivity contribution in [2.24, 2.45) is 0 Å². The second-order valence-corrected chi connectivity index (χ2v) is 4.16. The number of furan rings is 1. The molecule has 0 fully saturated rings. The van der Waals surface area contributed by atoms with Crippen LogP contribution < -0.4 is 5.32 Å². The summed E-state index contributed by atoms with van der Waals surface area (Å²) in [6.45, 7) is 0. The van der Waals surface area contributed by atoms with E-state index in [0.29, 0.717) is 6.04 Å². The van der Waals surface area contributed by atoms with Crippen molar-refractivity contribution in [3.05, 3.63) is 54.2 Å². The summed E-state index contributed by atoms with van der Waals surface area (Å²) in [5, 5.41) is 3.33. The maximum absolute atomic E-state index is 5.37. The molecule has 1 unspecified atom stereocenters. The number of pyridine rings is 1. The van der Waals surface area contributed by atoms with Crippen LogP contribution in [0.2, 0.25) is 0 Å². The lowest BCUT2D eigenvalue weighted by Gasteiger charge is -2.14. The predicted octanol–water partition coefficient (Wildman–Crippen LogP) is 2.44. The molecule has 2 aromatic heterocycles. The molecule has 0 spiro atoms. The highest BCUT2D eigenvalue weighted by atomic mass is 16.3. The molecule has 0 bridgehead atoms. The quantitative estimate of drug-likeness (QED) is 0.828. The second kappa shape index (κ2) is 6.21. The van der Waals surface area contributed by atoms with Crippen LogP contribution in [0.3, 0.4) is 0 Å². The monoisotopic (exact) mass is 230 g/mol. The molecule has 0 aliphatic carbocycles. The number of aromatic nitrogens is 1. The smallest absolute Gasteiger partial charge is 0.105 e. The highest BCUT2D eigenvalue weighted by Crippen LogP contribution is 2.09. The molecule has 0 radical (unpaired) electrons. The van der Waals surface area contributed by atoms with Gasteiger partial charge in [-0.2, -0.15) is 0 Å². The zero-order valence-electron chi connectivity index (χ0n) is 10.1. The van der Waals surface area contributed by atoms with Gasteiger partial charge in [0.1, 0.15) is 5.76 Å². The van der Waals surface area contributed by atoms with Gasteiger partial charge >= 0.3 is 0 Å². The Bertz CT molecular complexity index is 411. The molecule has 17 heavy (non-hydrogen) atoms. The molecule has 0 aliphatic rings. The van der Waals surface area contributed by atoms with Gasteiger partial charge in [0.05, 0.1) is 6.26 Å². The number of aryl methyl sites for hydroxylation is 1. The van der Waals surface area contributed by atoms with Crippen molar-refractivity contribution in [2.75, 3.05) is 7.05 Å². The van der Waals surface area contributed by atoms with Crippen molar-refractivity contribution < 1.29 is 4.42 Å². The normalized spacial score (nSPS) is 12.5. The van der Waals surface area contributed by atoms with Gasteiger partial charge in [-0.05, 0) is 49.7 Å². The number of likely N-dealkylation sites (N-methyl/N-ethyl adjacent to an activating group) is 1. The van der Waals surface area contributed by atoms with Crippen LogP contribution in [-0.2, 0) is 12.8 Å². The molecular formula is C14H18N2O. The van der Waals surface area contributed by atoms with Gasteiger partial charge in [0.15, 0.2) is 0 Å². The first-order valence-corrected chi connectivity index (χ1v) is 5.97. The van der Waals surface area contributed by atoms with Crippen LogP contribution in [0, 0.1) is 0 Å². The first-order valence-electron chi connectivity index (χ1n) is 5.97. The van der Waals surface area contributed by atoms with Crippen molar-refractivity contribution in [1.29, 1.82) is 0 Å². The van der Waals surface area contributed by atoms with E-state index in [1.54, 1.807) is 6.26 Å². The Kier molecular flexibility index (Phi) is 4.33. The van der Waals surface area contributed by atoms with Crippen LogP contribution >= 0.6 is 0 Å². The van der Waals surface area contributed by atoms with E-state index in [-0.39, 0.29) is 0 Å². The number of hydrogen-bond acceptors (Lipinski definition) is 3. The summed E-state index contributed by atoms with van der Waals surface area (Å²) in [5.74, 6) is 1.04. The average molecular weight is 230 g/mol. The van der Waals surface area contributed by atoms with E-state index >= 15 is 0 Å². The Morgan fingerprint density at radius 1 is 1.29 bits per heavy atom. The zero-order valence-corrected chi connectivity index (χ0v) is 10.1. The van der Waals surface area contributed by atoms with Gasteiger partial charge < -0.3 is 9.73 Å². The maximum atomic E-state index is 5.37. The number of nitrogens with one attached hydrogen (secondary N) is 1. The predicted molar refractivity (Wildman–Crippen MR) is 67.8 cm³/mol. The zero-order chi connectivity index (χ0) is 11.9. The van der Waals surface area contributed by atoms with E-state index in [1.807, 2.05) is 31.6 Å². The molecule has 0 amide bonds. The van der Waals surface area contributed by atoms with Gasteiger partial charge in [-0.15, -0.1) is 0 Å². The van der Waals surface area contributed by atoms with E-state index in [4.69, 9.17) is 4.42 Å². The van der Waals surface area contributed by atoms with Gasteiger partial charge in [0.2, 0.25) is 0 Å². The summed E-state index contributed by atoms with van der Waals surface area (Å²) in [4.78, 5) is 4.02. The average Bonchev–Trinajstić information content (AvgIpc) is 2.88. The van der Waals surface area contributed by atoms with Crippen LogP contribution in [0.25, 0.3) is 0 Å². The minimum absolute atomic E-state index is 0.453. The van der Waals surface area contributed by atoms with Crippen LogP contribution in [-0.4, -0.2) is 18.1 Å². The van der Waals surface area contributed by atoms with Crippen LogP contribution in [0.15, 0.2) is 47.3 Å². The summed E-state index contributed by atoms with van der Waals surface area (Å²) in [5.41, 5.74) is 1.33. The molecule has 0 aliphatic heterocycles. The summed E-state index contributed by atoms with van der Waals surface area (Å²) in [6.07, 6.45) is 8.52. The van der Waals surface area contributed by atoms with Crippen LogP contribution in [0.4, 0.5) is 0 Å². The van der Waals surface area contributed by atoms with Crippen molar-refractivity contribution in [2.45, 2.75) is 25.3 Å². The lowest BCUT2D eigenvalue weighted by Crippen LogP contribution is -2.27. The molecular weight excluding hydrogens is 212 g/mol. The summed E-state index contributed by atoms with van der Waals surface area (Å²) in [6, 6.07) is 8.55. The SMILES string of the molecule is CNC(CCc1ccncc1)Cc1ccco1. The van der Waals surface area contributed by atoms with Crippen molar-refractivity contribution in [3.63, 3.8) is 0 Å². The summed E-state index contributed by atoms with van der Waals surface area (Å²) < 4.78 is 5.37. The maximum Gasteiger partial charge on any atom is 0.105 e. The minimum atomic E-state index is 0.453. The van der Waals surface area contributed by atoms with Crippen molar-refractivity contribution >= 4 is 0 Å². The minimum Gasteiger partial charge on any atom is -0.469 e. The topological polar surface area (TPSA) is 38.1 Å². The van der Waals surface area contributed by atoms with E-state index in [1.165, 1.54) is 5.56 Å². The number of nitrogens with zero attached hydrogens (tertiary/aromatic N) is 1. The fourth-order valence-electron chi connectivity index (χ4n) is 1.91. The first kappa shape index (κ1) is 11.9. The third-order valence-electron chi connectivity index (χ3n) is 2.97. The van der Waals surface area contributed by atoms with Crippen molar-refractivity contribution in [1.82, 2.24) is 10.3 Å². The third kappa shape index (κ3) is 3.71. The Morgan fingerprint density at radius 3 is 2.76 bits per heavy atom. The first-order chi connectivity index (χ1) is 8.38. The fraction of sp³-hybridized carbons (Fsp3) is 0.357. The van der Waals surface area contributed by atoms with E-state index in [9.17, 15) is 0 Å². The van der Waals surface area contributed by atoms with Gasteiger partial charge in [0, 0.05) is 24.9 Å². The third-order valence-corrected chi connectivity index (χ3v) is 2.97. The largest absolute Gasteiger partial charge is 0.469 e. The Hall–Kier alpha value is -1.61. The van der Waals surface area contributed by atoms with Crippen LogP contribution in [0.5, 0.6) is 0 Å². The Balaban J connectivity index is 1.84. The summed E-state index contributed by atoms with van der Waals surface area (Å²) >= 11 is 0. The molecule has 2 aromatic rings. The van der Waals surface area contributed by atoms with E-state index in [2.05, 4.69) is 22.4 Å².